The molecule has 2 fully saturated rings. The summed E-state index contributed by atoms with van der Waals surface area (Å²) in [6, 6.07) is 12.6. The van der Waals surface area contributed by atoms with Gasteiger partial charge in [-0.25, -0.2) is 14.4 Å². The molecular formula is C32H35F3N6O2. The predicted octanol–water partition coefficient (Wildman–Crippen LogP) is 7.30. The third-order valence-electron chi connectivity index (χ3n) is 8.96. The number of H-pyrrole nitrogens is 1. The van der Waals surface area contributed by atoms with Gasteiger partial charge in [0.1, 0.15) is 16.9 Å². The Morgan fingerprint density at radius 1 is 1.00 bits per heavy atom. The fourth-order valence-electron chi connectivity index (χ4n) is 6.55. The maximum atomic E-state index is 15.5. The quantitative estimate of drug-likeness (QED) is 0.182. The van der Waals surface area contributed by atoms with Gasteiger partial charge in [-0.3, -0.25) is 14.6 Å². The number of aromatic nitrogens is 4. The van der Waals surface area contributed by atoms with Crippen LogP contribution in [0.25, 0.3) is 33.1 Å². The Morgan fingerprint density at radius 2 is 1.79 bits per heavy atom. The van der Waals surface area contributed by atoms with Gasteiger partial charge in [0.15, 0.2) is 11.4 Å². The number of alkyl halides is 2. The fraction of sp³-hybridized carbons (Fsp3) is 0.469. The van der Waals surface area contributed by atoms with E-state index in [1.165, 1.54) is 23.7 Å². The van der Waals surface area contributed by atoms with Gasteiger partial charge >= 0.3 is 5.92 Å². The van der Waals surface area contributed by atoms with Crippen molar-refractivity contribution in [3.05, 3.63) is 54.1 Å². The number of carbonyl (C=O) groups is 1. The molecule has 5 aromatic rings. The van der Waals surface area contributed by atoms with E-state index in [-0.39, 0.29) is 23.4 Å². The number of furan rings is 1. The lowest BCUT2D eigenvalue weighted by Crippen LogP contribution is -2.39. The number of halogens is 3. The molecule has 1 amide bonds. The summed E-state index contributed by atoms with van der Waals surface area (Å²) in [5.74, 6) is -3.81. The first-order valence-corrected chi connectivity index (χ1v) is 15.3. The van der Waals surface area contributed by atoms with Gasteiger partial charge < -0.3 is 14.2 Å². The first-order chi connectivity index (χ1) is 20.9. The summed E-state index contributed by atoms with van der Waals surface area (Å²) in [5, 5.41) is 3.87. The van der Waals surface area contributed by atoms with Crippen LogP contribution in [0.3, 0.4) is 0 Å². The normalized spacial score (nSPS) is 16.8. The van der Waals surface area contributed by atoms with Crippen molar-refractivity contribution in [3.8, 4) is 0 Å². The van der Waals surface area contributed by atoms with Crippen LogP contribution in [0, 0.1) is 5.82 Å². The van der Waals surface area contributed by atoms with E-state index < -0.39 is 24.0 Å². The number of nitrogens with one attached hydrogen (secondary N) is 1. The van der Waals surface area contributed by atoms with Gasteiger partial charge in [-0.05, 0) is 62.8 Å². The predicted molar refractivity (Wildman–Crippen MR) is 159 cm³/mol. The molecule has 1 N–H and O–H groups in total. The van der Waals surface area contributed by atoms with E-state index in [1.54, 1.807) is 0 Å². The van der Waals surface area contributed by atoms with Gasteiger partial charge in [-0.15, -0.1) is 0 Å². The van der Waals surface area contributed by atoms with Crippen molar-refractivity contribution in [2.45, 2.75) is 69.8 Å². The Balaban J connectivity index is 0.947. The smallest absolute Gasteiger partial charge is 0.306 e. The minimum absolute atomic E-state index is 0.0921. The molecule has 5 heterocycles. The fourth-order valence-corrected chi connectivity index (χ4v) is 6.55. The second-order valence-corrected chi connectivity index (χ2v) is 11.9. The number of likely N-dealkylation sites (tertiary alicyclic amines) is 1. The van der Waals surface area contributed by atoms with Crippen LogP contribution in [0.15, 0.2) is 46.9 Å². The number of aromatic amines is 1. The van der Waals surface area contributed by atoms with Crippen LogP contribution in [0.1, 0.15) is 69.7 Å². The highest BCUT2D eigenvalue weighted by molar-refractivity contribution is 6.05. The van der Waals surface area contributed by atoms with E-state index in [0.717, 1.165) is 31.2 Å². The molecule has 8 nitrogen and oxygen atoms in total. The number of amides is 1. The topological polar surface area (TPSA) is 83.2 Å². The number of benzene rings is 2. The largest absolute Gasteiger partial charge is 0.450 e. The standard InChI is InChI=1S/C32H35F3N6O2/c33-21-11-12-23-26(20-21)43-29-28(23)36-31(37-30(29)40-16-6-7-17-40)32(34,35)15-5-1-2-10-27(42)39-18-13-22(14-19-39)41-25-9-4-3-8-24(25)38-41/h3-4,8-9,11-12,20,22,38H,1-2,5-7,10,13-19H2. The summed E-state index contributed by atoms with van der Waals surface area (Å²) in [6.45, 7) is 2.79. The van der Waals surface area contributed by atoms with Crippen LogP contribution in [-0.4, -0.2) is 56.7 Å². The summed E-state index contributed by atoms with van der Waals surface area (Å²) >= 11 is 0. The Hall–Kier alpha value is -4.02. The molecule has 11 heteroatoms. The molecule has 43 heavy (non-hydrogen) atoms. The molecule has 2 saturated heterocycles. The number of unbranched alkanes of at least 4 members (excludes halogenated alkanes) is 2. The molecule has 7 rings (SSSR count). The number of nitrogens with zero attached hydrogens (tertiary/aromatic N) is 5. The van der Waals surface area contributed by atoms with Crippen molar-refractivity contribution in [1.29, 1.82) is 0 Å². The summed E-state index contributed by atoms with van der Waals surface area (Å²) in [5.41, 5.74) is 3.20. The third-order valence-corrected chi connectivity index (χ3v) is 8.96. The van der Waals surface area contributed by atoms with E-state index >= 15 is 8.78 Å². The lowest BCUT2D eigenvalue weighted by molar-refractivity contribution is -0.132. The lowest BCUT2D eigenvalue weighted by Gasteiger charge is -2.35. The Bertz CT molecular complexity index is 1760. The second kappa shape index (κ2) is 11.2. The van der Waals surface area contributed by atoms with Gasteiger partial charge in [0.25, 0.3) is 0 Å². The van der Waals surface area contributed by atoms with Crippen molar-refractivity contribution in [2.75, 3.05) is 31.1 Å². The van der Waals surface area contributed by atoms with Crippen molar-refractivity contribution in [1.82, 2.24) is 24.6 Å². The molecule has 0 saturated carbocycles. The Labute approximate surface area is 246 Å². The van der Waals surface area contributed by atoms with Crippen molar-refractivity contribution in [3.63, 3.8) is 0 Å². The lowest BCUT2D eigenvalue weighted by atomic mass is 10.0. The van der Waals surface area contributed by atoms with Gasteiger partial charge in [-0.2, -0.15) is 8.78 Å². The average Bonchev–Trinajstić information content (AvgIpc) is 3.65. The first-order valence-electron chi connectivity index (χ1n) is 15.3. The molecule has 3 aromatic heterocycles. The van der Waals surface area contributed by atoms with Crippen molar-refractivity contribution < 1.29 is 22.4 Å². The van der Waals surface area contributed by atoms with Crippen LogP contribution >= 0.6 is 0 Å². The van der Waals surface area contributed by atoms with Crippen LogP contribution in [-0.2, 0) is 10.7 Å². The van der Waals surface area contributed by atoms with E-state index in [0.29, 0.717) is 68.3 Å². The van der Waals surface area contributed by atoms with Crippen molar-refractivity contribution >= 4 is 44.8 Å². The molecule has 2 aliphatic heterocycles. The van der Waals surface area contributed by atoms with E-state index in [1.807, 2.05) is 21.9 Å². The Kier molecular flexibility index (Phi) is 7.26. The first kappa shape index (κ1) is 27.8. The monoisotopic (exact) mass is 592 g/mol. The second-order valence-electron chi connectivity index (χ2n) is 11.9. The molecule has 0 spiro atoms. The van der Waals surface area contributed by atoms with Gasteiger partial charge in [-0.1, -0.05) is 18.6 Å². The molecule has 2 aliphatic rings. The van der Waals surface area contributed by atoms with Gasteiger partial charge in [0.05, 0.1) is 17.1 Å². The molecular weight excluding hydrogens is 557 g/mol. The molecule has 0 atom stereocenters. The molecule has 226 valence electrons. The summed E-state index contributed by atoms with van der Waals surface area (Å²) in [7, 11) is 0. The number of carbonyl (C=O) groups excluding carboxylic acids is 1. The van der Waals surface area contributed by atoms with Gasteiger partial charge in [0, 0.05) is 50.5 Å². The number of hydrogen-bond donors (Lipinski definition) is 1. The summed E-state index contributed by atoms with van der Waals surface area (Å²) in [6.07, 6.45) is 4.94. The number of rotatable bonds is 9. The number of hydrogen-bond acceptors (Lipinski definition) is 5. The minimum atomic E-state index is -3.25. The van der Waals surface area contributed by atoms with Crippen LogP contribution in [0.2, 0.25) is 0 Å². The summed E-state index contributed by atoms with van der Waals surface area (Å²) in [4.78, 5) is 25.2. The molecule has 0 radical (unpaired) electrons. The maximum Gasteiger partial charge on any atom is 0.306 e. The molecule has 0 aliphatic carbocycles. The minimum Gasteiger partial charge on any atom is -0.450 e. The van der Waals surface area contributed by atoms with E-state index in [9.17, 15) is 9.18 Å². The van der Waals surface area contributed by atoms with Crippen LogP contribution in [0.5, 0.6) is 0 Å². The van der Waals surface area contributed by atoms with Gasteiger partial charge in [0.2, 0.25) is 11.7 Å². The highest BCUT2D eigenvalue weighted by Gasteiger charge is 2.37. The zero-order chi connectivity index (χ0) is 29.6. The number of piperidine rings is 1. The highest BCUT2D eigenvalue weighted by atomic mass is 19.3. The molecule has 0 bridgehead atoms. The van der Waals surface area contributed by atoms with Crippen LogP contribution in [0.4, 0.5) is 19.0 Å². The molecule has 0 unspecified atom stereocenters. The number of anilines is 1. The highest BCUT2D eigenvalue weighted by Crippen LogP contribution is 2.39. The number of fused-ring (bicyclic) bond motifs is 4. The van der Waals surface area contributed by atoms with E-state index in [4.69, 9.17) is 4.42 Å². The average molecular weight is 593 g/mol. The van der Waals surface area contributed by atoms with Crippen LogP contribution < -0.4 is 4.90 Å². The number of para-hydroxylation sites is 2. The SMILES string of the molecule is O=C(CCCCCC(F)(F)c1nc(N2CCCC2)c2oc3cc(F)ccc3c2n1)N1CCC(n2[nH]c3ccccc32)CC1. The molecule has 2 aromatic carbocycles. The zero-order valence-electron chi connectivity index (χ0n) is 24.0. The zero-order valence-corrected chi connectivity index (χ0v) is 24.0. The van der Waals surface area contributed by atoms with Crippen molar-refractivity contribution in [2.24, 2.45) is 0 Å². The van der Waals surface area contributed by atoms with E-state index in [2.05, 4.69) is 31.9 Å². The third kappa shape index (κ3) is 5.34. The maximum absolute atomic E-state index is 15.5. The Morgan fingerprint density at radius 3 is 2.58 bits per heavy atom. The summed E-state index contributed by atoms with van der Waals surface area (Å²) < 4.78 is 52.9.